The molecule has 3 aromatic rings. The Bertz CT molecular complexity index is 898. The third kappa shape index (κ3) is 2.40. The number of benzene rings is 2. The molecule has 1 fully saturated rings. The second kappa shape index (κ2) is 5.41. The largest absolute Gasteiger partial charge is 0.287 e. The Labute approximate surface area is 135 Å². The fourth-order valence-electron chi connectivity index (χ4n) is 3.48. The number of fused-ring (bicyclic) bond motifs is 1. The van der Waals surface area contributed by atoms with Crippen LogP contribution in [0.4, 0.5) is 4.39 Å². The number of nitrogens with zero attached hydrogens (tertiary/aromatic N) is 2. The third-order valence-corrected chi connectivity index (χ3v) is 5.02. The molecular formula is C20H20FN2+. The van der Waals surface area contributed by atoms with Gasteiger partial charge in [-0.25, -0.2) is 8.96 Å². The molecule has 1 saturated carbocycles. The summed E-state index contributed by atoms with van der Waals surface area (Å²) in [4.78, 5) is 4.55. The molecule has 0 amide bonds. The fourth-order valence-corrected chi connectivity index (χ4v) is 3.48. The predicted octanol–water partition coefficient (Wildman–Crippen LogP) is 4.44. The van der Waals surface area contributed by atoms with E-state index in [1.165, 1.54) is 30.9 Å². The first-order chi connectivity index (χ1) is 11.1. The number of halogens is 1. The lowest BCUT2D eigenvalue weighted by Gasteiger charge is -2.25. The molecule has 116 valence electrons. The summed E-state index contributed by atoms with van der Waals surface area (Å²) in [5, 5.41) is 1.15. The molecule has 1 aliphatic rings. The Kier molecular flexibility index (Phi) is 3.37. The zero-order valence-corrected chi connectivity index (χ0v) is 13.5. The molecule has 0 radical (unpaired) electrons. The van der Waals surface area contributed by atoms with Crippen molar-refractivity contribution in [1.29, 1.82) is 0 Å². The van der Waals surface area contributed by atoms with Crippen molar-refractivity contribution in [3.05, 3.63) is 59.7 Å². The van der Waals surface area contributed by atoms with Crippen LogP contribution in [-0.4, -0.2) is 4.98 Å². The van der Waals surface area contributed by atoms with Crippen molar-refractivity contribution < 1.29 is 8.96 Å². The molecule has 0 bridgehead atoms. The van der Waals surface area contributed by atoms with Gasteiger partial charge in [0.1, 0.15) is 11.5 Å². The Morgan fingerprint density at radius 2 is 1.96 bits per heavy atom. The van der Waals surface area contributed by atoms with Crippen LogP contribution in [0, 0.1) is 12.7 Å². The van der Waals surface area contributed by atoms with Gasteiger partial charge in [-0.3, -0.25) is 0 Å². The number of aryl methyl sites for hydroxylation is 2. The summed E-state index contributed by atoms with van der Waals surface area (Å²) in [7, 11) is 2.00. The molecule has 0 unspecified atom stereocenters. The van der Waals surface area contributed by atoms with Crippen molar-refractivity contribution in [1.82, 2.24) is 4.98 Å². The van der Waals surface area contributed by atoms with Gasteiger partial charge in [0.05, 0.1) is 12.4 Å². The van der Waals surface area contributed by atoms with E-state index in [-0.39, 0.29) is 5.82 Å². The van der Waals surface area contributed by atoms with Crippen LogP contribution in [-0.2, 0) is 7.05 Å². The number of hydrogen-bond donors (Lipinski definition) is 0. The van der Waals surface area contributed by atoms with Crippen molar-refractivity contribution in [3.63, 3.8) is 0 Å². The minimum Gasteiger partial charge on any atom is -0.232 e. The molecule has 0 aliphatic heterocycles. The highest BCUT2D eigenvalue weighted by molar-refractivity contribution is 5.91. The summed E-state index contributed by atoms with van der Waals surface area (Å²) in [6, 6.07) is 11.6. The molecule has 0 atom stereocenters. The summed E-state index contributed by atoms with van der Waals surface area (Å²) in [5.41, 5.74) is 5.51. The predicted molar refractivity (Wildman–Crippen MR) is 89.6 cm³/mol. The highest BCUT2D eigenvalue weighted by Crippen LogP contribution is 2.38. The molecule has 1 aromatic heterocycles. The standard InChI is InChI=1S/C20H20FN2/c1-13-10-16(21)7-8-17(13)20-18-11-15(14-4-3-5-14)6-9-19(18)22-12-23(20)2/h6-12,14H,3-5H2,1-2H3/q+1. The molecule has 0 N–H and O–H groups in total. The quantitative estimate of drug-likeness (QED) is 0.640. The topological polar surface area (TPSA) is 16.8 Å². The Morgan fingerprint density at radius 1 is 1.13 bits per heavy atom. The smallest absolute Gasteiger partial charge is 0.232 e. The van der Waals surface area contributed by atoms with Crippen molar-refractivity contribution in [2.75, 3.05) is 0 Å². The second-order valence-electron chi connectivity index (χ2n) is 6.57. The summed E-state index contributed by atoms with van der Waals surface area (Å²) in [6.45, 7) is 1.96. The molecule has 4 rings (SSSR count). The summed E-state index contributed by atoms with van der Waals surface area (Å²) < 4.78 is 15.5. The molecule has 0 spiro atoms. The lowest BCUT2D eigenvalue weighted by Crippen LogP contribution is -2.32. The van der Waals surface area contributed by atoms with Crippen LogP contribution in [0.25, 0.3) is 22.2 Å². The van der Waals surface area contributed by atoms with E-state index < -0.39 is 0 Å². The van der Waals surface area contributed by atoms with E-state index in [4.69, 9.17) is 0 Å². The lowest BCUT2D eigenvalue weighted by molar-refractivity contribution is -0.662. The van der Waals surface area contributed by atoms with Gasteiger partial charge in [0, 0.05) is 5.56 Å². The fraction of sp³-hybridized carbons (Fsp3) is 0.300. The molecule has 1 aliphatic carbocycles. The molecular weight excluding hydrogens is 287 g/mol. The molecule has 23 heavy (non-hydrogen) atoms. The number of rotatable bonds is 2. The maximum absolute atomic E-state index is 13.5. The van der Waals surface area contributed by atoms with Gasteiger partial charge >= 0.3 is 0 Å². The summed E-state index contributed by atoms with van der Waals surface area (Å²) in [6.07, 6.45) is 5.72. The molecule has 1 heterocycles. The highest BCUT2D eigenvalue weighted by Gasteiger charge is 2.22. The van der Waals surface area contributed by atoms with Crippen molar-refractivity contribution in [3.8, 4) is 11.3 Å². The summed E-state index contributed by atoms with van der Waals surface area (Å²) in [5.74, 6) is 0.495. The van der Waals surface area contributed by atoms with Gasteiger partial charge in [-0.05, 0) is 72.1 Å². The number of aromatic nitrogens is 2. The van der Waals surface area contributed by atoms with Gasteiger partial charge in [0.2, 0.25) is 0 Å². The molecule has 2 nitrogen and oxygen atoms in total. The van der Waals surface area contributed by atoms with E-state index in [2.05, 4.69) is 23.2 Å². The van der Waals surface area contributed by atoms with Crippen LogP contribution < -0.4 is 4.57 Å². The minimum absolute atomic E-state index is 0.192. The molecule has 0 saturated heterocycles. The van der Waals surface area contributed by atoms with Crippen LogP contribution in [0.2, 0.25) is 0 Å². The van der Waals surface area contributed by atoms with E-state index in [0.717, 1.165) is 27.7 Å². The van der Waals surface area contributed by atoms with Gasteiger partial charge in [0.25, 0.3) is 6.33 Å². The van der Waals surface area contributed by atoms with Crippen LogP contribution in [0.5, 0.6) is 0 Å². The molecule has 3 heteroatoms. The van der Waals surface area contributed by atoms with Gasteiger partial charge < -0.3 is 0 Å². The Morgan fingerprint density at radius 3 is 2.65 bits per heavy atom. The Hall–Kier alpha value is -2.29. The maximum Gasteiger partial charge on any atom is 0.287 e. The van der Waals surface area contributed by atoms with E-state index in [1.807, 2.05) is 30.9 Å². The van der Waals surface area contributed by atoms with Crippen LogP contribution in [0.1, 0.15) is 36.3 Å². The SMILES string of the molecule is Cc1cc(F)ccc1-c1c2cc(C3CCC3)ccc2nc[n+]1C. The average Bonchev–Trinajstić information content (AvgIpc) is 2.47. The normalized spacial score (nSPS) is 14.9. The maximum atomic E-state index is 13.5. The first-order valence-electron chi connectivity index (χ1n) is 8.18. The van der Waals surface area contributed by atoms with Crippen molar-refractivity contribution in [2.24, 2.45) is 7.05 Å². The van der Waals surface area contributed by atoms with Crippen molar-refractivity contribution in [2.45, 2.75) is 32.1 Å². The molecule has 2 aromatic carbocycles. The van der Waals surface area contributed by atoms with Crippen LogP contribution in [0.3, 0.4) is 0 Å². The lowest BCUT2D eigenvalue weighted by atomic mass is 9.79. The van der Waals surface area contributed by atoms with Gasteiger partial charge in [0.15, 0.2) is 5.52 Å². The van der Waals surface area contributed by atoms with E-state index >= 15 is 0 Å². The number of hydrogen-bond acceptors (Lipinski definition) is 1. The van der Waals surface area contributed by atoms with E-state index in [1.54, 1.807) is 6.07 Å². The van der Waals surface area contributed by atoms with Crippen LogP contribution >= 0.6 is 0 Å². The Balaban J connectivity index is 1.97. The zero-order valence-electron chi connectivity index (χ0n) is 13.5. The van der Waals surface area contributed by atoms with Gasteiger partial charge in [-0.15, -0.1) is 0 Å². The van der Waals surface area contributed by atoms with Crippen LogP contribution in [0.15, 0.2) is 42.7 Å². The average molecular weight is 307 g/mol. The zero-order chi connectivity index (χ0) is 16.0. The van der Waals surface area contributed by atoms with Crippen molar-refractivity contribution >= 4 is 10.9 Å². The first kappa shape index (κ1) is 14.3. The van der Waals surface area contributed by atoms with Gasteiger partial charge in [-0.1, -0.05) is 12.5 Å². The first-order valence-corrected chi connectivity index (χ1v) is 8.18. The monoisotopic (exact) mass is 307 g/mol. The second-order valence-corrected chi connectivity index (χ2v) is 6.57. The highest BCUT2D eigenvalue weighted by atomic mass is 19.1. The third-order valence-electron chi connectivity index (χ3n) is 5.02. The van der Waals surface area contributed by atoms with E-state index in [0.29, 0.717) is 5.92 Å². The minimum atomic E-state index is -0.192. The summed E-state index contributed by atoms with van der Waals surface area (Å²) >= 11 is 0. The van der Waals surface area contributed by atoms with Gasteiger partial charge in [-0.2, -0.15) is 0 Å². The van der Waals surface area contributed by atoms with E-state index in [9.17, 15) is 4.39 Å².